The Kier molecular flexibility index (Phi) is 7.63. The van der Waals surface area contributed by atoms with Crippen molar-refractivity contribution < 1.29 is 14.3 Å². The van der Waals surface area contributed by atoms with Crippen LogP contribution in [0.3, 0.4) is 0 Å². The quantitative estimate of drug-likeness (QED) is 0.469. The Bertz CT molecular complexity index is 137. The molecule has 0 aliphatic carbocycles. The molecule has 0 amide bonds. The molecule has 0 atom stereocenters. The van der Waals surface area contributed by atoms with Gasteiger partial charge in [0.1, 0.15) is 0 Å². The summed E-state index contributed by atoms with van der Waals surface area (Å²) in [6.07, 6.45) is 0.874. The summed E-state index contributed by atoms with van der Waals surface area (Å²) in [4.78, 5) is 11.0. The number of esters is 1. The molecule has 0 aromatic rings. The van der Waals surface area contributed by atoms with Gasteiger partial charge in [-0.2, -0.15) is 0 Å². The molecule has 0 heterocycles. The maximum Gasteiger partial charge on any atom is 0.320 e. The van der Waals surface area contributed by atoms with E-state index in [9.17, 15) is 4.79 Å². The molecule has 0 saturated carbocycles. The van der Waals surface area contributed by atoms with Crippen LogP contribution in [0.1, 0.15) is 20.3 Å². The Hall–Kier alpha value is -0.610. The van der Waals surface area contributed by atoms with E-state index in [1.165, 1.54) is 0 Å². The summed E-state index contributed by atoms with van der Waals surface area (Å²) in [5, 5.41) is 2.97. The molecule has 78 valence electrons. The second-order valence-electron chi connectivity index (χ2n) is 3.06. The van der Waals surface area contributed by atoms with Gasteiger partial charge < -0.3 is 14.8 Å². The minimum Gasteiger partial charge on any atom is -0.462 e. The summed E-state index contributed by atoms with van der Waals surface area (Å²) >= 11 is 0. The van der Waals surface area contributed by atoms with Gasteiger partial charge in [0.15, 0.2) is 0 Å². The summed E-state index contributed by atoms with van der Waals surface area (Å²) < 4.78 is 9.78. The van der Waals surface area contributed by atoms with E-state index in [4.69, 9.17) is 9.47 Å². The Balaban J connectivity index is 3.17. The van der Waals surface area contributed by atoms with Gasteiger partial charge in [-0.05, 0) is 26.8 Å². The van der Waals surface area contributed by atoms with Gasteiger partial charge >= 0.3 is 5.97 Å². The summed E-state index contributed by atoms with van der Waals surface area (Å²) in [7, 11) is 1.66. The van der Waals surface area contributed by atoms with Gasteiger partial charge in [0, 0.05) is 13.7 Å². The van der Waals surface area contributed by atoms with Crippen LogP contribution >= 0.6 is 0 Å². The molecule has 0 unspecified atom stereocenters. The normalized spacial score (nSPS) is 10.5. The lowest BCUT2D eigenvalue weighted by Gasteiger charge is -2.08. The first-order valence-electron chi connectivity index (χ1n) is 4.56. The number of hydrogen-bond acceptors (Lipinski definition) is 4. The number of carbonyl (C=O) groups excluding carboxylic acids is 1. The first-order chi connectivity index (χ1) is 6.16. The molecule has 4 nitrogen and oxygen atoms in total. The Labute approximate surface area is 79.6 Å². The maximum atomic E-state index is 11.0. The highest BCUT2D eigenvalue weighted by molar-refractivity contribution is 5.71. The molecule has 0 radical (unpaired) electrons. The second-order valence-corrected chi connectivity index (χ2v) is 3.06. The summed E-state index contributed by atoms with van der Waals surface area (Å²) in [5.74, 6) is -0.201. The molecule has 0 spiro atoms. The minimum atomic E-state index is -0.201. The zero-order chi connectivity index (χ0) is 10.1. The first kappa shape index (κ1) is 12.4. The average molecular weight is 189 g/mol. The van der Waals surface area contributed by atoms with Gasteiger partial charge in [-0.1, -0.05) is 0 Å². The highest BCUT2D eigenvalue weighted by Gasteiger charge is 2.03. The topological polar surface area (TPSA) is 47.6 Å². The maximum absolute atomic E-state index is 11.0. The number of methoxy groups -OCH3 is 1. The van der Waals surface area contributed by atoms with Crippen LogP contribution in [0, 0.1) is 0 Å². The van der Waals surface area contributed by atoms with Crippen molar-refractivity contribution in [1.29, 1.82) is 0 Å². The number of rotatable bonds is 7. The van der Waals surface area contributed by atoms with E-state index in [1.807, 2.05) is 13.8 Å². The molecule has 0 aliphatic rings. The monoisotopic (exact) mass is 189 g/mol. The van der Waals surface area contributed by atoms with Gasteiger partial charge in [0.2, 0.25) is 0 Å². The van der Waals surface area contributed by atoms with Crippen LogP contribution in [0.2, 0.25) is 0 Å². The Morgan fingerprint density at radius 1 is 1.46 bits per heavy atom. The largest absolute Gasteiger partial charge is 0.462 e. The molecule has 0 aliphatic heterocycles. The van der Waals surface area contributed by atoms with E-state index in [0.717, 1.165) is 13.0 Å². The van der Waals surface area contributed by atoms with Crippen molar-refractivity contribution in [3.8, 4) is 0 Å². The third kappa shape index (κ3) is 9.30. The van der Waals surface area contributed by atoms with Crippen molar-refractivity contribution in [2.24, 2.45) is 0 Å². The molecule has 0 bridgehead atoms. The van der Waals surface area contributed by atoms with Gasteiger partial charge in [0.05, 0.1) is 12.6 Å². The Morgan fingerprint density at radius 3 is 2.69 bits per heavy atom. The number of hydrogen-bond donors (Lipinski definition) is 1. The van der Waals surface area contributed by atoms with Crippen LogP contribution < -0.4 is 5.32 Å². The van der Waals surface area contributed by atoms with Crippen LogP contribution in [-0.2, 0) is 14.3 Å². The summed E-state index contributed by atoms with van der Waals surface area (Å²) in [6, 6.07) is 0. The minimum absolute atomic E-state index is 0.0340. The SMILES string of the molecule is COCCCNCC(=O)OC(C)C. The van der Waals surface area contributed by atoms with E-state index in [-0.39, 0.29) is 18.6 Å². The molecular weight excluding hydrogens is 170 g/mol. The summed E-state index contributed by atoms with van der Waals surface area (Å²) in [5.41, 5.74) is 0. The molecule has 0 aromatic carbocycles. The van der Waals surface area contributed by atoms with E-state index in [2.05, 4.69) is 5.32 Å². The van der Waals surface area contributed by atoms with E-state index < -0.39 is 0 Å². The predicted molar refractivity (Wildman–Crippen MR) is 50.6 cm³/mol. The molecular formula is C9H19NO3. The molecule has 4 heteroatoms. The molecule has 0 rings (SSSR count). The predicted octanol–water partition coefficient (Wildman–Crippen LogP) is 0.564. The first-order valence-corrected chi connectivity index (χ1v) is 4.56. The van der Waals surface area contributed by atoms with Crippen molar-refractivity contribution in [3.05, 3.63) is 0 Å². The summed E-state index contributed by atoms with van der Waals surface area (Å²) in [6.45, 7) is 5.45. The smallest absolute Gasteiger partial charge is 0.320 e. The average Bonchev–Trinajstić information content (AvgIpc) is 2.02. The van der Waals surface area contributed by atoms with E-state index >= 15 is 0 Å². The van der Waals surface area contributed by atoms with Crippen LogP contribution in [0.5, 0.6) is 0 Å². The van der Waals surface area contributed by atoms with Crippen molar-refractivity contribution in [3.63, 3.8) is 0 Å². The lowest BCUT2D eigenvalue weighted by atomic mass is 10.4. The molecule has 1 N–H and O–H groups in total. The van der Waals surface area contributed by atoms with Crippen LogP contribution in [-0.4, -0.2) is 38.9 Å². The number of ether oxygens (including phenoxy) is 2. The van der Waals surface area contributed by atoms with Crippen LogP contribution in [0.25, 0.3) is 0 Å². The van der Waals surface area contributed by atoms with Crippen molar-refractivity contribution >= 4 is 5.97 Å². The van der Waals surface area contributed by atoms with E-state index in [0.29, 0.717) is 6.61 Å². The van der Waals surface area contributed by atoms with Gasteiger partial charge in [0.25, 0.3) is 0 Å². The lowest BCUT2D eigenvalue weighted by molar-refractivity contribution is -0.146. The standard InChI is InChI=1S/C9H19NO3/c1-8(2)13-9(11)7-10-5-4-6-12-3/h8,10H,4-7H2,1-3H3. The highest BCUT2D eigenvalue weighted by Crippen LogP contribution is 1.87. The van der Waals surface area contributed by atoms with Gasteiger partial charge in [-0.3, -0.25) is 4.79 Å². The molecule has 0 aromatic heterocycles. The zero-order valence-electron chi connectivity index (χ0n) is 8.63. The number of carbonyl (C=O) groups is 1. The zero-order valence-corrected chi connectivity index (χ0v) is 8.63. The van der Waals surface area contributed by atoms with Crippen molar-refractivity contribution in [2.75, 3.05) is 26.8 Å². The Morgan fingerprint density at radius 2 is 2.15 bits per heavy atom. The van der Waals surface area contributed by atoms with Crippen molar-refractivity contribution in [2.45, 2.75) is 26.4 Å². The molecule has 13 heavy (non-hydrogen) atoms. The van der Waals surface area contributed by atoms with E-state index in [1.54, 1.807) is 7.11 Å². The number of nitrogens with one attached hydrogen (secondary N) is 1. The highest BCUT2D eigenvalue weighted by atomic mass is 16.5. The fraction of sp³-hybridized carbons (Fsp3) is 0.889. The third-order valence-corrected chi connectivity index (χ3v) is 1.34. The van der Waals surface area contributed by atoms with Crippen LogP contribution in [0.15, 0.2) is 0 Å². The molecule has 0 fully saturated rings. The second kappa shape index (κ2) is 8.01. The van der Waals surface area contributed by atoms with Crippen LogP contribution in [0.4, 0.5) is 0 Å². The lowest BCUT2D eigenvalue weighted by Crippen LogP contribution is -2.27. The fourth-order valence-corrected chi connectivity index (χ4v) is 0.837. The fourth-order valence-electron chi connectivity index (χ4n) is 0.837. The van der Waals surface area contributed by atoms with Gasteiger partial charge in [-0.15, -0.1) is 0 Å². The van der Waals surface area contributed by atoms with Crippen molar-refractivity contribution in [1.82, 2.24) is 5.32 Å². The van der Waals surface area contributed by atoms with Gasteiger partial charge in [-0.25, -0.2) is 0 Å². The third-order valence-electron chi connectivity index (χ3n) is 1.34. The molecule has 0 saturated heterocycles.